The van der Waals surface area contributed by atoms with E-state index in [1.54, 1.807) is 24.3 Å². The number of hydrogen-bond donors (Lipinski definition) is 1. The fourth-order valence-electron chi connectivity index (χ4n) is 2.69. The largest absolute Gasteiger partial charge is 0.465 e. The minimum Gasteiger partial charge on any atom is -0.465 e. The topological polar surface area (TPSA) is 67.9 Å². The highest BCUT2D eigenvalue weighted by atomic mass is 16.5. The second-order valence-electron chi connectivity index (χ2n) is 5.54. The van der Waals surface area contributed by atoms with Gasteiger partial charge in [0.25, 0.3) is 0 Å². The number of methoxy groups -OCH3 is 1. The Kier molecular flexibility index (Phi) is 5.51. The summed E-state index contributed by atoms with van der Waals surface area (Å²) in [6, 6.07) is 6.81. The van der Waals surface area contributed by atoms with Crippen LogP contribution in [-0.2, 0) is 14.3 Å². The lowest BCUT2D eigenvalue weighted by Gasteiger charge is -2.34. The fourth-order valence-corrected chi connectivity index (χ4v) is 2.69. The number of carbonyl (C=O) groups is 2. The lowest BCUT2D eigenvalue weighted by molar-refractivity contribution is -0.121. The van der Waals surface area contributed by atoms with E-state index in [2.05, 4.69) is 10.2 Å². The molecule has 1 aromatic rings. The van der Waals surface area contributed by atoms with Crippen LogP contribution in [0, 0.1) is 0 Å². The Balaban J connectivity index is 1.99. The van der Waals surface area contributed by atoms with Crippen LogP contribution in [0.3, 0.4) is 0 Å². The van der Waals surface area contributed by atoms with Gasteiger partial charge in [-0.1, -0.05) is 12.1 Å². The summed E-state index contributed by atoms with van der Waals surface area (Å²) in [4.78, 5) is 26.0. The van der Waals surface area contributed by atoms with E-state index in [0.29, 0.717) is 11.3 Å². The SMILES string of the molecule is COC(=O)c1ccccc1NC(=O)CN1CC(C)OC(C)C1. The highest BCUT2D eigenvalue weighted by Gasteiger charge is 2.24. The highest BCUT2D eigenvalue weighted by molar-refractivity contribution is 6.01. The predicted octanol–water partition coefficient (Wildman–Crippen LogP) is 1.52. The molecule has 2 unspecified atom stereocenters. The maximum absolute atomic E-state index is 12.2. The Morgan fingerprint density at radius 2 is 1.91 bits per heavy atom. The summed E-state index contributed by atoms with van der Waals surface area (Å²) in [6.45, 7) is 5.70. The van der Waals surface area contributed by atoms with E-state index < -0.39 is 5.97 Å². The Bertz CT molecular complexity index is 537. The third-order valence-corrected chi connectivity index (χ3v) is 3.47. The number of morpholine rings is 1. The molecule has 6 nitrogen and oxygen atoms in total. The number of esters is 1. The van der Waals surface area contributed by atoms with Crippen LogP contribution in [0.1, 0.15) is 24.2 Å². The van der Waals surface area contributed by atoms with Gasteiger partial charge >= 0.3 is 5.97 Å². The van der Waals surface area contributed by atoms with Crippen LogP contribution in [0.5, 0.6) is 0 Å². The molecule has 1 fully saturated rings. The quantitative estimate of drug-likeness (QED) is 0.854. The average molecular weight is 306 g/mol. The van der Waals surface area contributed by atoms with Crippen molar-refractivity contribution in [2.75, 3.05) is 32.1 Å². The van der Waals surface area contributed by atoms with E-state index >= 15 is 0 Å². The first kappa shape index (κ1) is 16.5. The normalized spacial score (nSPS) is 22.1. The van der Waals surface area contributed by atoms with E-state index in [1.165, 1.54) is 7.11 Å². The minimum atomic E-state index is -0.468. The van der Waals surface area contributed by atoms with Gasteiger partial charge in [0.05, 0.1) is 37.1 Å². The molecule has 1 aliphatic rings. The van der Waals surface area contributed by atoms with Crippen molar-refractivity contribution in [2.45, 2.75) is 26.1 Å². The van der Waals surface area contributed by atoms with Gasteiger partial charge in [0.1, 0.15) is 0 Å². The third kappa shape index (κ3) is 4.29. The van der Waals surface area contributed by atoms with Gasteiger partial charge in [-0.2, -0.15) is 0 Å². The molecule has 2 atom stereocenters. The van der Waals surface area contributed by atoms with Crippen molar-refractivity contribution in [1.29, 1.82) is 0 Å². The van der Waals surface area contributed by atoms with Crippen molar-refractivity contribution >= 4 is 17.6 Å². The van der Waals surface area contributed by atoms with Crippen LogP contribution in [-0.4, -0.2) is 55.7 Å². The molecule has 22 heavy (non-hydrogen) atoms. The minimum absolute atomic E-state index is 0.110. The Hall–Kier alpha value is -1.92. The number of rotatable bonds is 4. The monoisotopic (exact) mass is 306 g/mol. The van der Waals surface area contributed by atoms with Crippen LogP contribution in [0.4, 0.5) is 5.69 Å². The fraction of sp³-hybridized carbons (Fsp3) is 0.500. The number of amides is 1. The van der Waals surface area contributed by atoms with Gasteiger partial charge in [0.15, 0.2) is 0 Å². The molecular weight excluding hydrogens is 284 g/mol. The van der Waals surface area contributed by atoms with Crippen molar-refractivity contribution in [3.05, 3.63) is 29.8 Å². The smallest absolute Gasteiger partial charge is 0.339 e. The van der Waals surface area contributed by atoms with Crippen molar-refractivity contribution < 1.29 is 19.1 Å². The number of nitrogens with one attached hydrogen (secondary N) is 1. The molecule has 1 N–H and O–H groups in total. The third-order valence-electron chi connectivity index (χ3n) is 3.47. The van der Waals surface area contributed by atoms with Crippen LogP contribution < -0.4 is 5.32 Å². The zero-order valence-corrected chi connectivity index (χ0v) is 13.2. The lowest BCUT2D eigenvalue weighted by atomic mass is 10.1. The molecule has 1 heterocycles. The van der Waals surface area contributed by atoms with E-state index in [4.69, 9.17) is 9.47 Å². The second-order valence-corrected chi connectivity index (χ2v) is 5.54. The standard InChI is InChI=1S/C16H22N2O4/c1-11-8-18(9-12(2)22-11)10-15(19)17-14-7-5-4-6-13(14)16(20)21-3/h4-7,11-12H,8-10H2,1-3H3,(H,17,19). The molecule has 0 radical (unpaired) electrons. The van der Waals surface area contributed by atoms with Crippen molar-refractivity contribution in [1.82, 2.24) is 4.90 Å². The van der Waals surface area contributed by atoms with Crippen LogP contribution >= 0.6 is 0 Å². The molecular formula is C16H22N2O4. The molecule has 120 valence electrons. The lowest BCUT2D eigenvalue weighted by Crippen LogP contribution is -2.48. The molecule has 1 amide bonds. The van der Waals surface area contributed by atoms with Gasteiger partial charge in [0, 0.05) is 13.1 Å². The first-order chi connectivity index (χ1) is 10.5. The predicted molar refractivity (Wildman–Crippen MR) is 82.9 cm³/mol. The molecule has 0 bridgehead atoms. The molecule has 0 aliphatic carbocycles. The molecule has 1 saturated heterocycles. The number of anilines is 1. The molecule has 6 heteroatoms. The molecule has 0 saturated carbocycles. The molecule has 0 aromatic heterocycles. The summed E-state index contributed by atoms with van der Waals surface area (Å²) < 4.78 is 10.4. The summed E-state index contributed by atoms with van der Waals surface area (Å²) in [7, 11) is 1.32. The zero-order chi connectivity index (χ0) is 16.1. The average Bonchev–Trinajstić information content (AvgIpc) is 2.45. The summed E-state index contributed by atoms with van der Waals surface area (Å²) in [5.74, 6) is -0.623. The molecule has 2 rings (SSSR count). The van der Waals surface area contributed by atoms with Gasteiger partial charge in [-0.25, -0.2) is 4.79 Å². The molecule has 0 spiro atoms. The summed E-state index contributed by atoms with van der Waals surface area (Å²) >= 11 is 0. The van der Waals surface area contributed by atoms with Crippen molar-refractivity contribution in [2.24, 2.45) is 0 Å². The van der Waals surface area contributed by atoms with Gasteiger partial charge in [0.2, 0.25) is 5.91 Å². The van der Waals surface area contributed by atoms with Crippen molar-refractivity contribution in [3.8, 4) is 0 Å². The van der Waals surface area contributed by atoms with E-state index in [-0.39, 0.29) is 24.7 Å². The Morgan fingerprint density at radius 1 is 1.27 bits per heavy atom. The number of ether oxygens (including phenoxy) is 2. The number of benzene rings is 1. The van der Waals surface area contributed by atoms with E-state index in [9.17, 15) is 9.59 Å². The first-order valence-electron chi connectivity index (χ1n) is 7.34. The molecule has 1 aromatic carbocycles. The van der Waals surface area contributed by atoms with Crippen LogP contribution in [0.15, 0.2) is 24.3 Å². The highest BCUT2D eigenvalue weighted by Crippen LogP contribution is 2.16. The van der Waals surface area contributed by atoms with Crippen LogP contribution in [0.2, 0.25) is 0 Å². The van der Waals surface area contributed by atoms with Gasteiger partial charge in [-0.15, -0.1) is 0 Å². The Labute approximate surface area is 130 Å². The maximum atomic E-state index is 12.2. The molecule has 1 aliphatic heterocycles. The first-order valence-corrected chi connectivity index (χ1v) is 7.34. The number of para-hydroxylation sites is 1. The summed E-state index contributed by atoms with van der Waals surface area (Å²) in [5.41, 5.74) is 0.816. The van der Waals surface area contributed by atoms with Gasteiger partial charge in [-0.3, -0.25) is 9.69 Å². The summed E-state index contributed by atoms with van der Waals surface area (Å²) in [5, 5.41) is 2.78. The number of hydrogen-bond acceptors (Lipinski definition) is 5. The number of nitrogens with zero attached hydrogens (tertiary/aromatic N) is 1. The van der Waals surface area contributed by atoms with Crippen molar-refractivity contribution in [3.63, 3.8) is 0 Å². The van der Waals surface area contributed by atoms with Gasteiger partial charge in [-0.05, 0) is 26.0 Å². The van der Waals surface area contributed by atoms with E-state index in [1.807, 2.05) is 13.8 Å². The number of carbonyl (C=O) groups excluding carboxylic acids is 2. The summed E-state index contributed by atoms with van der Waals surface area (Å²) in [6.07, 6.45) is 0.220. The zero-order valence-electron chi connectivity index (χ0n) is 13.2. The van der Waals surface area contributed by atoms with Crippen LogP contribution in [0.25, 0.3) is 0 Å². The Morgan fingerprint density at radius 3 is 2.55 bits per heavy atom. The maximum Gasteiger partial charge on any atom is 0.339 e. The van der Waals surface area contributed by atoms with Gasteiger partial charge < -0.3 is 14.8 Å². The van der Waals surface area contributed by atoms with E-state index in [0.717, 1.165) is 13.1 Å². The second kappa shape index (κ2) is 7.38.